The Labute approximate surface area is 275 Å². The molecule has 3 aromatic rings. The fourth-order valence-electron chi connectivity index (χ4n) is 7.11. The molecule has 2 N–H and O–H groups in total. The van der Waals surface area contributed by atoms with Crippen LogP contribution < -0.4 is 19.9 Å². The zero-order valence-corrected chi connectivity index (χ0v) is 29.3. The summed E-state index contributed by atoms with van der Waals surface area (Å²) in [5, 5.41) is 26.8. The molecule has 2 saturated heterocycles. The Hall–Kier alpha value is -3.23. The van der Waals surface area contributed by atoms with E-state index in [1.54, 1.807) is 0 Å². The molecule has 0 bridgehead atoms. The van der Waals surface area contributed by atoms with Crippen LogP contribution in [-0.2, 0) is 13.0 Å². The number of aliphatic hydroxyl groups excluding tert-OH is 1. The van der Waals surface area contributed by atoms with Crippen LogP contribution in [0, 0.1) is 11.3 Å². The lowest BCUT2D eigenvalue weighted by molar-refractivity contribution is 0.118. The van der Waals surface area contributed by atoms with E-state index < -0.39 is 8.07 Å². The van der Waals surface area contributed by atoms with Crippen LogP contribution in [0.3, 0.4) is 0 Å². The van der Waals surface area contributed by atoms with E-state index in [9.17, 15) is 10.4 Å². The van der Waals surface area contributed by atoms with Crippen LogP contribution in [0.15, 0.2) is 42.5 Å². The average Bonchev–Trinajstić information content (AvgIpc) is 3.49. The van der Waals surface area contributed by atoms with Gasteiger partial charge in [0.15, 0.2) is 0 Å². The van der Waals surface area contributed by atoms with Gasteiger partial charge >= 0.3 is 6.01 Å². The van der Waals surface area contributed by atoms with Gasteiger partial charge in [0.1, 0.15) is 12.4 Å². The van der Waals surface area contributed by atoms with Crippen LogP contribution in [0.4, 0.5) is 11.5 Å². The molecule has 0 aliphatic carbocycles. The van der Waals surface area contributed by atoms with Gasteiger partial charge in [0.05, 0.1) is 38.5 Å². The Morgan fingerprint density at radius 2 is 1.89 bits per heavy atom. The molecule has 6 rings (SSSR count). The van der Waals surface area contributed by atoms with E-state index in [-0.39, 0.29) is 22.8 Å². The molecule has 2 fully saturated rings. The highest BCUT2D eigenvalue weighted by atomic mass is 28.3. The van der Waals surface area contributed by atoms with E-state index in [2.05, 4.69) is 102 Å². The normalized spacial score (nSPS) is 21.7. The minimum absolute atomic E-state index is 0.115. The third kappa shape index (κ3) is 6.74. The number of β-amino-alcohol motifs (C(OH)–C–C–N with tert-alkyl or cyclic N) is 1. The van der Waals surface area contributed by atoms with Gasteiger partial charge in [-0.05, 0) is 42.3 Å². The molecule has 46 heavy (non-hydrogen) atoms. The van der Waals surface area contributed by atoms with Crippen molar-refractivity contribution in [3.63, 3.8) is 0 Å². The number of anilines is 2. The summed E-state index contributed by atoms with van der Waals surface area (Å²) >= 11 is 0. The molecule has 3 aliphatic heterocycles. The highest BCUT2D eigenvalue weighted by Gasteiger charge is 2.43. The summed E-state index contributed by atoms with van der Waals surface area (Å²) in [6.07, 6.45) is 3.48. The number of hydrogen-bond donors (Lipinski definition) is 2. The molecule has 0 spiro atoms. The number of likely N-dealkylation sites (tertiary alicyclic amines) is 1. The van der Waals surface area contributed by atoms with E-state index in [4.69, 9.17) is 14.7 Å². The highest BCUT2D eigenvalue weighted by Crippen LogP contribution is 2.39. The van der Waals surface area contributed by atoms with Crippen molar-refractivity contribution in [1.82, 2.24) is 20.2 Å². The minimum atomic E-state index is -1.89. The number of nitriles is 1. The lowest BCUT2D eigenvalue weighted by Gasteiger charge is -2.42. The first-order valence-electron chi connectivity index (χ1n) is 17.1. The third-order valence-electron chi connectivity index (χ3n) is 11.1. The lowest BCUT2D eigenvalue weighted by atomic mass is 10.0. The highest BCUT2D eigenvalue weighted by molar-refractivity contribution is 6.81. The van der Waals surface area contributed by atoms with Crippen molar-refractivity contribution in [3.05, 3.63) is 53.7 Å². The summed E-state index contributed by atoms with van der Waals surface area (Å²) < 4.78 is 6.49. The minimum Gasteiger partial charge on any atom is -0.462 e. The second-order valence-electron chi connectivity index (χ2n) is 15.0. The molecular formula is C36H51N7O2Si. The smallest absolute Gasteiger partial charge is 0.318 e. The second kappa shape index (κ2) is 13.5. The molecule has 3 atom stereocenters. The van der Waals surface area contributed by atoms with Crippen LogP contribution in [0.25, 0.3) is 10.8 Å². The maximum atomic E-state index is 11.4. The maximum absolute atomic E-state index is 11.4. The predicted molar refractivity (Wildman–Crippen MR) is 188 cm³/mol. The first-order valence-corrected chi connectivity index (χ1v) is 20.2. The molecule has 246 valence electrons. The first-order chi connectivity index (χ1) is 22.0. The molecular weight excluding hydrogens is 591 g/mol. The number of aromatic nitrogens is 2. The van der Waals surface area contributed by atoms with Gasteiger partial charge < -0.3 is 25.0 Å². The monoisotopic (exact) mass is 641 g/mol. The Kier molecular flexibility index (Phi) is 9.58. The van der Waals surface area contributed by atoms with Gasteiger partial charge in [0.2, 0.25) is 0 Å². The van der Waals surface area contributed by atoms with Crippen LogP contribution >= 0.6 is 0 Å². The number of fused-ring (bicyclic) bond motifs is 2. The third-order valence-corrected chi connectivity index (χ3v) is 16.8. The average molecular weight is 642 g/mol. The zero-order valence-electron chi connectivity index (χ0n) is 28.3. The molecule has 0 saturated carbocycles. The summed E-state index contributed by atoms with van der Waals surface area (Å²) in [6, 6.07) is 18.2. The van der Waals surface area contributed by atoms with Gasteiger partial charge in [-0.25, -0.2) is 0 Å². The number of aliphatic hydroxyl groups is 1. The van der Waals surface area contributed by atoms with E-state index >= 15 is 0 Å². The molecule has 0 radical (unpaired) electrons. The van der Waals surface area contributed by atoms with Gasteiger partial charge in [-0.2, -0.15) is 15.2 Å². The molecule has 2 aromatic carbocycles. The summed E-state index contributed by atoms with van der Waals surface area (Å²) in [7, 11) is -1.89. The number of piperazine rings is 1. The standard InChI is InChI=1S/C36H51N7O2Si/c1-36(2,3)46(4,5)33(44)24-41-19-9-12-28(41)25-45-35-39-31-23-42(32-14-8-11-26-10-6-7-13-29(26)32)20-16-30(31)34(40-35)43-21-18-38-27(22-43)15-17-37/h6-8,10-11,13-14,27-28,33,38,44H,9,12,15-16,18-25H2,1-5H3/t27-,28-,33?/m0/s1. The van der Waals surface area contributed by atoms with Crippen LogP contribution in [0.1, 0.15) is 51.3 Å². The predicted octanol–water partition coefficient (Wildman–Crippen LogP) is 5.14. The molecule has 9 nitrogen and oxygen atoms in total. The van der Waals surface area contributed by atoms with Crippen molar-refractivity contribution in [3.8, 4) is 12.1 Å². The summed E-state index contributed by atoms with van der Waals surface area (Å²) in [6.45, 7) is 17.6. The van der Waals surface area contributed by atoms with Crippen molar-refractivity contribution < 1.29 is 9.84 Å². The number of rotatable bonds is 9. The summed E-state index contributed by atoms with van der Waals surface area (Å²) in [5.41, 5.74) is 3.14. The van der Waals surface area contributed by atoms with Gasteiger partial charge in [-0.15, -0.1) is 0 Å². The number of nitrogens with one attached hydrogen (secondary N) is 1. The Morgan fingerprint density at radius 3 is 2.70 bits per heavy atom. The maximum Gasteiger partial charge on any atom is 0.318 e. The lowest BCUT2D eigenvalue weighted by Crippen LogP contribution is -2.55. The fraction of sp³-hybridized carbons (Fsp3) is 0.583. The summed E-state index contributed by atoms with van der Waals surface area (Å²) in [5.74, 6) is 0.957. The Morgan fingerprint density at radius 1 is 1.09 bits per heavy atom. The number of benzene rings is 2. The Bertz CT molecular complexity index is 1560. The van der Waals surface area contributed by atoms with E-state index in [0.717, 1.165) is 63.5 Å². The van der Waals surface area contributed by atoms with Crippen LogP contribution in [-0.4, -0.2) is 91.7 Å². The fourth-order valence-corrected chi connectivity index (χ4v) is 8.80. The van der Waals surface area contributed by atoms with E-state index in [1.807, 2.05) is 0 Å². The molecule has 1 unspecified atom stereocenters. The van der Waals surface area contributed by atoms with Gasteiger partial charge in [-0.1, -0.05) is 70.3 Å². The van der Waals surface area contributed by atoms with Gasteiger partial charge in [0.25, 0.3) is 0 Å². The quantitative estimate of drug-likeness (QED) is 0.308. The molecule has 10 heteroatoms. The largest absolute Gasteiger partial charge is 0.462 e. The van der Waals surface area contributed by atoms with Crippen molar-refractivity contribution >= 4 is 30.4 Å². The number of ether oxygens (including phenoxy) is 1. The first kappa shape index (κ1) is 32.7. The molecule has 3 aliphatic rings. The van der Waals surface area contributed by atoms with E-state index in [0.29, 0.717) is 32.1 Å². The SMILES string of the molecule is CC(C)(C)[Si](C)(C)C(O)CN1CCC[C@H]1COc1nc2c(c(N3CCN[C@@H](CC#N)C3)n1)CCN(c1cccc3ccccc13)C2. The Balaban J connectivity index is 1.25. The van der Waals surface area contributed by atoms with Crippen molar-refractivity contribution in [2.24, 2.45) is 0 Å². The van der Waals surface area contributed by atoms with Gasteiger partial charge in [-0.3, -0.25) is 4.90 Å². The number of nitrogens with zero attached hydrogens (tertiary/aromatic N) is 6. The van der Waals surface area contributed by atoms with Gasteiger partial charge in [0, 0.05) is 61.4 Å². The van der Waals surface area contributed by atoms with Crippen molar-refractivity contribution in [2.75, 3.05) is 55.7 Å². The number of hydrogen-bond acceptors (Lipinski definition) is 9. The second-order valence-corrected chi connectivity index (χ2v) is 20.6. The van der Waals surface area contributed by atoms with E-state index in [1.165, 1.54) is 22.0 Å². The topological polar surface area (TPSA) is 101 Å². The van der Waals surface area contributed by atoms with Crippen LogP contribution in [0.5, 0.6) is 6.01 Å². The molecule has 1 aromatic heterocycles. The van der Waals surface area contributed by atoms with Crippen LogP contribution in [0.2, 0.25) is 18.1 Å². The molecule has 4 heterocycles. The zero-order chi connectivity index (χ0) is 32.5. The van der Waals surface area contributed by atoms with Crippen molar-refractivity contribution in [1.29, 1.82) is 5.26 Å². The summed E-state index contributed by atoms with van der Waals surface area (Å²) in [4.78, 5) is 17.3. The molecule has 0 amide bonds. The van der Waals surface area contributed by atoms with Crippen molar-refractivity contribution in [2.45, 2.75) is 88.9 Å².